The zero-order chi connectivity index (χ0) is 23.1. The van der Waals surface area contributed by atoms with E-state index in [4.69, 9.17) is 5.84 Å². The van der Waals surface area contributed by atoms with E-state index in [9.17, 15) is 9.90 Å². The Morgan fingerprint density at radius 3 is 2.62 bits per heavy atom. The third-order valence-corrected chi connectivity index (χ3v) is 5.76. The van der Waals surface area contributed by atoms with Gasteiger partial charge in [0.05, 0.1) is 11.3 Å². The van der Waals surface area contributed by atoms with Crippen LogP contribution in [0.4, 0.5) is 5.69 Å². The van der Waals surface area contributed by atoms with Crippen molar-refractivity contribution in [3.63, 3.8) is 0 Å². The largest absolute Gasteiger partial charge is 0.507 e. The van der Waals surface area contributed by atoms with E-state index in [1.54, 1.807) is 11.0 Å². The highest BCUT2D eigenvalue weighted by atomic mass is 16.3. The van der Waals surface area contributed by atoms with Crippen LogP contribution in [0.1, 0.15) is 59.3 Å². The van der Waals surface area contributed by atoms with Crippen molar-refractivity contribution < 1.29 is 9.90 Å². The van der Waals surface area contributed by atoms with E-state index in [0.717, 1.165) is 37.9 Å². The number of aromatic hydroxyl groups is 1. The van der Waals surface area contributed by atoms with Crippen LogP contribution in [0.25, 0.3) is 5.70 Å². The summed E-state index contributed by atoms with van der Waals surface area (Å²) in [6, 6.07) is 9.61. The summed E-state index contributed by atoms with van der Waals surface area (Å²) < 4.78 is 0. The number of aryl methyl sites for hydroxylation is 1. The van der Waals surface area contributed by atoms with Crippen molar-refractivity contribution in [3.05, 3.63) is 64.7 Å². The Bertz CT molecular complexity index is 973. The third kappa shape index (κ3) is 5.41. The van der Waals surface area contributed by atoms with Crippen LogP contribution in [0.15, 0.2) is 36.9 Å². The van der Waals surface area contributed by atoms with Crippen LogP contribution >= 0.6 is 0 Å². The Morgan fingerprint density at radius 2 is 1.91 bits per heavy atom. The van der Waals surface area contributed by atoms with E-state index in [0.29, 0.717) is 36.6 Å². The van der Waals surface area contributed by atoms with Gasteiger partial charge in [0.25, 0.3) is 5.91 Å². The molecule has 0 spiro atoms. The van der Waals surface area contributed by atoms with Gasteiger partial charge in [-0.05, 0) is 62.0 Å². The number of hydrogen-bond acceptors (Lipinski definition) is 6. The smallest absolute Gasteiger partial charge is 0.258 e. The van der Waals surface area contributed by atoms with Gasteiger partial charge in [0.1, 0.15) is 5.75 Å². The number of benzene rings is 2. The predicted molar refractivity (Wildman–Crippen MR) is 130 cm³/mol. The molecule has 1 amide bonds. The minimum absolute atomic E-state index is 0.104. The Labute approximate surface area is 190 Å². The van der Waals surface area contributed by atoms with Gasteiger partial charge in [-0.2, -0.15) is 0 Å². The highest BCUT2D eigenvalue weighted by Gasteiger charge is 2.27. The second-order valence-electron chi connectivity index (χ2n) is 8.19. The number of phenolic OH excluding ortho intramolecular Hbond substituents is 1. The van der Waals surface area contributed by atoms with Gasteiger partial charge in [0.2, 0.25) is 0 Å². The van der Waals surface area contributed by atoms with Crippen LogP contribution in [-0.2, 0) is 19.5 Å². The molecule has 0 aliphatic carbocycles. The first-order valence-electron chi connectivity index (χ1n) is 11.4. The number of anilines is 1. The van der Waals surface area contributed by atoms with Crippen molar-refractivity contribution in [2.24, 2.45) is 5.84 Å². The van der Waals surface area contributed by atoms with E-state index < -0.39 is 0 Å². The molecular formula is C25H35N5O2. The number of nitrogens with two attached hydrogens (primary N) is 1. The maximum Gasteiger partial charge on any atom is 0.258 e. The van der Waals surface area contributed by atoms with Gasteiger partial charge in [0, 0.05) is 37.0 Å². The zero-order valence-electron chi connectivity index (χ0n) is 19.1. The lowest BCUT2D eigenvalue weighted by molar-refractivity contribution is 0.0748. The molecule has 3 rings (SSSR count). The first kappa shape index (κ1) is 23.6. The molecule has 0 fully saturated rings. The number of carbonyl (C=O) groups is 1. The first-order chi connectivity index (χ1) is 15.5. The van der Waals surface area contributed by atoms with Gasteiger partial charge >= 0.3 is 0 Å². The average molecular weight is 438 g/mol. The summed E-state index contributed by atoms with van der Waals surface area (Å²) in [7, 11) is 0. The molecular weight excluding hydrogens is 402 g/mol. The van der Waals surface area contributed by atoms with E-state index in [-0.39, 0.29) is 17.2 Å². The van der Waals surface area contributed by atoms with Crippen molar-refractivity contribution in [1.82, 2.24) is 15.5 Å². The van der Waals surface area contributed by atoms with E-state index in [1.165, 1.54) is 17.2 Å². The van der Waals surface area contributed by atoms with Crippen LogP contribution in [0.3, 0.4) is 0 Å². The number of carbonyl (C=O) groups excluding carboxylic acids is 1. The molecule has 0 unspecified atom stereocenters. The van der Waals surface area contributed by atoms with Gasteiger partial charge in [-0.1, -0.05) is 31.7 Å². The molecule has 1 aliphatic rings. The fourth-order valence-corrected chi connectivity index (χ4v) is 4.07. The summed E-state index contributed by atoms with van der Waals surface area (Å²) in [5.74, 6) is 5.29. The molecule has 7 nitrogen and oxygen atoms in total. The highest BCUT2D eigenvalue weighted by molar-refractivity contribution is 5.99. The number of hydrogen-bond donors (Lipinski definition) is 5. The van der Waals surface area contributed by atoms with Gasteiger partial charge < -0.3 is 26.1 Å². The quantitative estimate of drug-likeness (QED) is 0.210. The van der Waals surface area contributed by atoms with Crippen molar-refractivity contribution in [2.45, 2.75) is 46.2 Å². The molecule has 172 valence electrons. The van der Waals surface area contributed by atoms with Gasteiger partial charge in [-0.15, -0.1) is 0 Å². The molecule has 6 N–H and O–H groups in total. The fraction of sp³-hybridized carbons (Fsp3) is 0.400. The average Bonchev–Trinajstić information content (AvgIpc) is 3.22. The minimum atomic E-state index is -0.210. The Hall–Kier alpha value is -3.03. The highest BCUT2D eigenvalue weighted by Crippen LogP contribution is 2.32. The predicted octanol–water partition coefficient (Wildman–Crippen LogP) is 3.35. The van der Waals surface area contributed by atoms with Crippen LogP contribution in [0.2, 0.25) is 0 Å². The Morgan fingerprint density at radius 1 is 1.12 bits per heavy atom. The standard InChI is InChI=1S/C25H35N5O2/c1-4-10-27-11-6-7-18-8-9-19-15-30(16-20(19)12-18)25(32)22-13-21(17(3)28-5-2)23(29-26)14-24(22)31/h8-9,12-14,27-29,31H,3-7,10-11,15-16,26H2,1-2H3. The number of nitrogens with zero attached hydrogens (tertiary/aromatic N) is 1. The SMILES string of the molecule is C=C(NCC)c1cc(C(=O)N2Cc3ccc(CCCNCCC)cc3C2)c(O)cc1NN. The van der Waals surface area contributed by atoms with Gasteiger partial charge in [0.15, 0.2) is 0 Å². The number of hydrazine groups is 1. The number of nitrogens with one attached hydrogen (secondary N) is 3. The maximum absolute atomic E-state index is 13.3. The summed E-state index contributed by atoms with van der Waals surface area (Å²) in [4.78, 5) is 15.0. The fourth-order valence-electron chi connectivity index (χ4n) is 4.07. The number of fused-ring (bicyclic) bond motifs is 1. The number of rotatable bonds is 11. The lowest BCUT2D eigenvalue weighted by atomic mass is 10.0. The molecule has 0 atom stereocenters. The molecule has 0 saturated heterocycles. The maximum atomic E-state index is 13.3. The molecule has 0 bridgehead atoms. The Balaban J connectivity index is 1.72. The van der Waals surface area contributed by atoms with E-state index in [2.05, 4.69) is 47.8 Å². The van der Waals surface area contributed by atoms with Gasteiger partial charge in [-0.3, -0.25) is 10.6 Å². The first-order valence-corrected chi connectivity index (χ1v) is 11.4. The summed E-state index contributed by atoms with van der Waals surface area (Å²) in [6.07, 6.45) is 3.26. The van der Waals surface area contributed by atoms with Crippen LogP contribution in [0, 0.1) is 0 Å². The molecule has 2 aromatic rings. The lowest BCUT2D eigenvalue weighted by Crippen LogP contribution is -2.26. The molecule has 7 heteroatoms. The molecule has 0 saturated carbocycles. The molecule has 0 radical (unpaired) electrons. The van der Waals surface area contributed by atoms with Gasteiger partial charge in [-0.25, -0.2) is 0 Å². The summed E-state index contributed by atoms with van der Waals surface area (Å²) in [5.41, 5.74) is 8.24. The molecule has 1 aliphatic heterocycles. The minimum Gasteiger partial charge on any atom is -0.507 e. The number of amides is 1. The second-order valence-corrected chi connectivity index (χ2v) is 8.19. The molecule has 1 heterocycles. The van der Waals surface area contributed by atoms with Crippen molar-refractivity contribution in [3.8, 4) is 5.75 Å². The Kier molecular flexibility index (Phi) is 8.14. The summed E-state index contributed by atoms with van der Waals surface area (Å²) in [5, 5.41) is 17.1. The summed E-state index contributed by atoms with van der Waals surface area (Å²) >= 11 is 0. The molecule has 32 heavy (non-hydrogen) atoms. The second kappa shape index (κ2) is 11.0. The van der Waals surface area contributed by atoms with Crippen molar-refractivity contribution in [2.75, 3.05) is 25.1 Å². The molecule has 2 aromatic carbocycles. The van der Waals surface area contributed by atoms with Crippen LogP contribution in [-0.4, -0.2) is 35.5 Å². The van der Waals surface area contributed by atoms with Crippen LogP contribution < -0.4 is 21.9 Å². The number of nitrogen functional groups attached to an aromatic ring is 1. The third-order valence-electron chi connectivity index (χ3n) is 5.76. The monoisotopic (exact) mass is 437 g/mol. The van der Waals surface area contributed by atoms with Crippen molar-refractivity contribution >= 4 is 17.3 Å². The van der Waals surface area contributed by atoms with E-state index >= 15 is 0 Å². The zero-order valence-corrected chi connectivity index (χ0v) is 19.1. The lowest BCUT2D eigenvalue weighted by Gasteiger charge is -2.19. The topological polar surface area (TPSA) is 103 Å². The van der Waals surface area contributed by atoms with Crippen LogP contribution in [0.5, 0.6) is 5.75 Å². The normalized spacial score (nSPS) is 12.5. The summed E-state index contributed by atoms with van der Waals surface area (Å²) in [6.45, 7) is 12.0. The van der Waals surface area contributed by atoms with E-state index in [1.807, 2.05) is 6.92 Å². The molecule has 0 aromatic heterocycles. The number of phenols is 1. The van der Waals surface area contributed by atoms with Crippen molar-refractivity contribution in [1.29, 1.82) is 0 Å².